The molecule has 0 unspecified atom stereocenters. The van der Waals surface area contributed by atoms with Crippen molar-refractivity contribution in [1.82, 2.24) is 10.6 Å². The molecular formula is C7H19N5. The molecule has 0 radical (unpaired) electrons. The zero-order valence-electron chi connectivity index (χ0n) is 7.71. The van der Waals surface area contributed by atoms with Gasteiger partial charge in [-0.15, -0.1) is 0 Å². The van der Waals surface area contributed by atoms with Gasteiger partial charge in [-0.1, -0.05) is 12.1 Å². The first kappa shape index (κ1) is 11.3. The molecule has 0 atom stereocenters. The maximum atomic E-state index is 4.83. The van der Waals surface area contributed by atoms with Gasteiger partial charge in [-0.05, 0) is 26.1 Å². The van der Waals surface area contributed by atoms with Crippen molar-refractivity contribution in [3.05, 3.63) is 0 Å². The lowest BCUT2D eigenvalue weighted by molar-refractivity contribution is 0.606. The Morgan fingerprint density at radius 3 is 2.58 bits per heavy atom. The molecule has 0 spiro atoms. The van der Waals surface area contributed by atoms with Crippen LogP contribution in [0.5, 0.6) is 0 Å². The predicted octanol–water partition coefficient (Wildman–Crippen LogP) is -0.0985. The van der Waals surface area contributed by atoms with Gasteiger partial charge in [0.15, 0.2) is 0 Å². The van der Waals surface area contributed by atoms with Gasteiger partial charge in [0, 0.05) is 6.54 Å². The van der Waals surface area contributed by atoms with E-state index in [9.17, 15) is 0 Å². The molecule has 5 heteroatoms. The van der Waals surface area contributed by atoms with E-state index < -0.39 is 0 Å². The number of rotatable bonds is 8. The maximum Gasteiger partial charge on any atom is 0.0744 e. The van der Waals surface area contributed by atoms with Crippen molar-refractivity contribution in [3.8, 4) is 0 Å². The lowest BCUT2D eigenvalue weighted by Gasteiger charge is -2.02. The Kier molecular flexibility index (Phi) is 9.74. The molecule has 0 aliphatic heterocycles. The van der Waals surface area contributed by atoms with Crippen LogP contribution in [0.1, 0.15) is 13.3 Å². The molecule has 0 saturated carbocycles. The summed E-state index contributed by atoms with van der Waals surface area (Å²) in [6, 6.07) is 0. The number of nitrogens with one attached hydrogen (secondary N) is 2. The predicted molar refractivity (Wildman–Crippen MR) is 49.9 cm³/mol. The van der Waals surface area contributed by atoms with E-state index in [0.29, 0.717) is 6.54 Å². The molecule has 12 heavy (non-hydrogen) atoms. The Bertz CT molecular complexity index is 104. The zero-order valence-corrected chi connectivity index (χ0v) is 7.71. The van der Waals surface area contributed by atoms with Crippen molar-refractivity contribution >= 4 is 0 Å². The molecule has 0 aliphatic rings. The highest BCUT2D eigenvalue weighted by atomic mass is 15.3. The number of nitrogens with zero attached hydrogens (tertiary/aromatic N) is 2. The normalized spacial score (nSPS) is 11.1. The van der Waals surface area contributed by atoms with Gasteiger partial charge in [-0.3, -0.25) is 0 Å². The minimum Gasteiger partial charge on any atom is -0.317 e. The quantitative estimate of drug-likeness (QED) is 0.208. The molecule has 0 aromatic heterocycles. The average molecular weight is 173 g/mol. The lowest BCUT2D eigenvalue weighted by Crippen LogP contribution is -2.23. The Morgan fingerprint density at radius 2 is 1.92 bits per heavy atom. The Labute approximate surface area is 73.8 Å². The second-order valence-corrected chi connectivity index (χ2v) is 2.44. The SMILES string of the molecule is CCNCCCNCCN=NN. The summed E-state index contributed by atoms with van der Waals surface area (Å²) in [7, 11) is 0. The molecule has 0 aromatic carbocycles. The van der Waals surface area contributed by atoms with Crippen LogP contribution in [-0.4, -0.2) is 32.7 Å². The molecule has 0 aromatic rings. The van der Waals surface area contributed by atoms with Gasteiger partial charge in [0.1, 0.15) is 0 Å². The van der Waals surface area contributed by atoms with Crippen LogP contribution in [0.2, 0.25) is 0 Å². The summed E-state index contributed by atoms with van der Waals surface area (Å²) in [6.07, 6.45) is 1.15. The van der Waals surface area contributed by atoms with Crippen molar-refractivity contribution in [1.29, 1.82) is 0 Å². The van der Waals surface area contributed by atoms with Crippen LogP contribution < -0.4 is 16.5 Å². The van der Waals surface area contributed by atoms with E-state index in [1.807, 2.05) is 0 Å². The summed E-state index contributed by atoms with van der Waals surface area (Å²) in [5, 5.41) is 13.3. The third kappa shape index (κ3) is 9.32. The van der Waals surface area contributed by atoms with Crippen molar-refractivity contribution in [2.45, 2.75) is 13.3 Å². The minimum absolute atomic E-state index is 0.664. The first-order valence-electron chi connectivity index (χ1n) is 4.40. The lowest BCUT2D eigenvalue weighted by atomic mass is 10.4. The Hall–Kier alpha value is -0.680. The van der Waals surface area contributed by atoms with Crippen molar-refractivity contribution in [3.63, 3.8) is 0 Å². The van der Waals surface area contributed by atoms with E-state index in [1.165, 1.54) is 0 Å². The standard InChI is InChI=1S/C7H19N5/c1-2-9-4-3-5-10-6-7-11-12-8/h9-10H,2-7H2,1H3,(H2,8,11). The zero-order chi connectivity index (χ0) is 9.07. The summed E-state index contributed by atoms with van der Waals surface area (Å²) in [4.78, 5) is 0. The fraction of sp³-hybridized carbons (Fsp3) is 1.00. The van der Waals surface area contributed by atoms with Crippen LogP contribution in [0.15, 0.2) is 10.3 Å². The molecule has 0 rings (SSSR count). The number of hydrogen-bond acceptors (Lipinski definition) is 4. The second-order valence-electron chi connectivity index (χ2n) is 2.44. The van der Waals surface area contributed by atoms with Gasteiger partial charge in [0.25, 0.3) is 0 Å². The van der Waals surface area contributed by atoms with Crippen LogP contribution >= 0.6 is 0 Å². The molecule has 0 amide bonds. The summed E-state index contributed by atoms with van der Waals surface area (Å²) >= 11 is 0. The van der Waals surface area contributed by atoms with Gasteiger partial charge in [-0.25, -0.2) is 0 Å². The van der Waals surface area contributed by atoms with Crippen molar-refractivity contribution in [2.24, 2.45) is 16.2 Å². The summed E-state index contributed by atoms with van der Waals surface area (Å²) in [5.41, 5.74) is 0. The first-order valence-corrected chi connectivity index (χ1v) is 4.40. The van der Waals surface area contributed by atoms with E-state index in [-0.39, 0.29) is 0 Å². The van der Waals surface area contributed by atoms with Crippen molar-refractivity contribution < 1.29 is 0 Å². The van der Waals surface area contributed by atoms with Crippen LogP contribution in [0, 0.1) is 0 Å². The van der Waals surface area contributed by atoms with Crippen molar-refractivity contribution in [2.75, 3.05) is 32.7 Å². The highest BCUT2D eigenvalue weighted by Gasteiger charge is 1.86. The fourth-order valence-corrected chi connectivity index (χ4v) is 0.827. The van der Waals surface area contributed by atoms with Gasteiger partial charge >= 0.3 is 0 Å². The van der Waals surface area contributed by atoms with E-state index >= 15 is 0 Å². The third-order valence-electron chi connectivity index (χ3n) is 1.43. The van der Waals surface area contributed by atoms with E-state index in [1.54, 1.807) is 0 Å². The summed E-state index contributed by atoms with van der Waals surface area (Å²) in [6.45, 7) is 6.76. The van der Waals surface area contributed by atoms with Crippen LogP contribution in [0.25, 0.3) is 0 Å². The summed E-state index contributed by atoms with van der Waals surface area (Å²) < 4.78 is 0. The molecule has 0 saturated heterocycles. The molecule has 0 heterocycles. The van der Waals surface area contributed by atoms with Gasteiger partial charge in [0.2, 0.25) is 0 Å². The van der Waals surface area contributed by atoms with Crippen LogP contribution in [0.3, 0.4) is 0 Å². The molecule has 5 nitrogen and oxygen atoms in total. The largest absolute Gasteiger partial charge is 0.317 e. The molecular weight excluding hydrogens is 154 g/mol. The van der Waals surface area contributed by atoms with E-state index in [0.717, 1.165) is 32.6 Å². The maximum absolute atomic E-state index is 4.83. The molecule has 0 aliphatic carbocycles. The fourth-order valence-electron chi connectivity index (χ4n) is 0.827. The number of nitrogens with two attached hydrogens (primary N) is 1. The topological polar surface area (TPSA) is 74.8 Å². The van der Waals surface area contributed by atoms with E-state index in [4.69, 9.17) is 5.84 Å². The molecule has 4 N–H and O–H groups in total. The molecule has 0 bridgehead atoms. The number of hydrogen-bond donors (Lipinski definition) is 3. The van der Waals surface area contributed by atoms with Gasteiger partial charge in [0.05, 0.1) is 6.54 Å². The van der Waals surface area contributed by atoms with Crippen LogP contribution in [-0.2, 0) is 0 Å². The smallest absolute Gasteiger partial charge is 0.0744 e. The van der Waals surface area contributed by atoms with Gasteiger partial charge in [-0.2, -0.15) is 5.11 Å². The third-order valence-corrected chi connectivity index (χ3v) is 1.43. The minimum atomic E-state index is 0.664. The Morgan fingerprint density at radius 1 is 1.17 bits per heavy atom. The molecule has 72 valence electrons. The second kappa shape index (κ2) is 10.3. The summed E-state index contributed by atoms with van der Waals surface area (Å²) in [5.74, 6) is 4.83. The Balaban J connectivity index is 2.81. The highest BCUT2D eigenvalue weighted by molar-refractivity contribution is 4.51. The monoisotopic (exact) mass is 173 g/mol. The molecule has 0 fully saturated rings. The highest BCUT2D eigenvalue weighted by Crippen LogP contribution is 1.73. The first-order chi connectivity index (χ1) is 5.91. The van der Waals surface area contributed by atoms with Crippen LogP contribution in [0.4, 0.5) is 0 Å². The average Bonchev–Trinajstić information content (AvgIpc) is 2.10. The van der Waals surface area contributed by atoms with E-state index in [2.05, 4.69) is 27.9 Å². The van der Waals surface area contributed by atoms with Gasteiger partial charge < -0.3 is 16.5 Å².